The number of aliphatic hydroxyl groups excluding tert-OH is 1. The zero-order valence-electron chi connectivity index (χ0n) is 27.2. The van der Waals surface area contributed by atoms with Gasteiger partial charge in [-0.15, -0.1) is 0 Å². The number of carbonyl (C=O) groups excluding carboxylic acids is 1. The first-order valence-electron chi connectivity index (χ1n) is 16.1. The fraction of sp³-hybridized carbons (Fsp3) is 0.765. The van der Waals surface area contributed by atoms with Gasteiger partial charge in [-0.05, 0) is 117 Å². The molecule has 9 heteroatoms. The minimum absolute atomic E-state index is 0.0160. The fourth-order valence-electron chi connectivity index (χ4n) is 7.53. The number of hydrogen-bond donors (Lipinski definition) is 4. The van der Waals surface area contributed by atoms with Crippen LogP contribution in [0.2, 0.25) is 0 Å². The Morgan fingerprint density at radius 1 is 1.16 bits per heavy atom. The van der Waals surface area contributed by atoms with Gasteiger partial charge in [-0.25, -0.2) is 4.79 Å². The Labute approximate surface area is 271 Å². The highest BCUT2D eigenvalue weighted by atomic mass is 127. The quantitative estimate of drug-likeness (QED) is 0.171. The molecule has 8 nitrogen and oxygen atoms in total. The number of hydrogen-bond acceptors (Lipinski definition) is 7. The molecule has 10 atom stereocenters. The predicted molar refractivity (Wildman–Crippen MR) is 174 cm³/mol. The predicted octanol–water partition coefficient (Wildman–Crippen LogP) is 6.45. The van der Waals surface area contributed by atoms with Crippen molar-refractivity contribution in [1.82, 2.24) is 0 Å². The number of aromatic hydroxyl groups is 1. The first-order chi connectivity index (χ1) is 20.1. The summed E-state index contributed by atoms with van der Waals surface area (Å²) in [5.41, 5.74) is -0.391. The number of ketones is 1. The largest absolute Gasteiger partial charge is 0.507 e. The number of carboxylic acids is 1. The van der Waals surface area contributed by atoms with Crippen molar-refractivity contribution in [2.75, 3.05) is 0 Å². The standard InChI is InChI=1S/C34H53IO8/c1-9-23(31-20(6)17-34(11-3,43-31)26-14-15-33(41,10-2)22(8)42-26)30(38)21(7)28(36)18(4)12-13-24-25(35)16-19(5)29(37)27(24)32(39)40/h16,18,20-23,26,28,31,36-37,41H,9-15,17H2,1-8H3,(H,39,40)/t18-,20+,21+,22+,23+,26-,28+,31+,33-,34+/m1/s1. The van der Waals surface area contributed by atoms with Gasteiger partial charge >= 0.3 is 5.97 Å². The Morgan fingerprint density at radius 2 is 1.81 bits per heavy atom. The highest BCUT2D eigenvalue weighted by Crippen LogP contribution is 2.48. The van der Waals surface area contributed by atoms with Gasteiger partial charge in [0.2, 0.25) is 0 Å². The summed E-state index contributed by atoms with van der Waals surface area (Å²) >= 11 is 2.09. The van der Waals surface area contributed by atoms with Crippen molar-refractivity contribution in [2.45, 2.75) is 142 Å². The van der Waals surface area contributed by atoms with Gasteiger partial charge in [0.1, 0.15) is 17.1 Å². The van der Waals surface area contributed by atoms with E-state index in [0.717, 1.165) is 16.4 Å². The molecular weight excluding hydrogens is 663 g/mol. The number of carboxylic acid groups (broad SMARTS) is 1. The van der Waals surface area contributed by atoms with E-state index < -0.39 is 29.2 Å². The summed E-state index contributed by atoms with van der Waals surface area (Å²) < 4.78 is 14.0. The van der Waals surface area contributed by atoms with E-state index in [2.05, 4.69) is 36.4 Å². The van der Waals surface area contributed by atoms with Crippen LogP contribution in [0.5, 0.6) is 5.75 Å². The Bertz CT molecular complexity index is 1160. The lowest BCUT2D eigenvalue weighted by atomic mass is 9.76. The molecule has 2 fully saturated rings. The molecule has 0 aliphatic carbocycles. The van der Waals surface area contributed by atoms with Crippen molar-refractivity contribution in [3.8, 4) is 5.75 Å². The number of rotatable bonds is 13. The third-order valence-corrected chi connectivity index (χ3v) is 11.7. The maximum atomic E-state index is 13.9. The SMILES string of the molecule is CC[C@@H](C(=O)[C@@H](C)[C@@H](O)[C@H](C)CCc1c(I)cc(C)c(O)c1C(=O)O)[C@H]1O[C@](CC)([C@H]2CC[C@](O)(CC)[C@H](C)O2)C[C@@H]1C. The molecule has 1 aromatic carbocycles. The van der Waals surface area contributed by atoms with Gasteiger partial charge in [-0.2, -0.15) is 0 Å². The lowest BCUT2D eigenvalue weighted by molar-refractivity contribution is -0.229. The van der Waals surface area contributed by atoms with Gasteiger partial charge in [0, 0.05) is 15.4 Å². The molecule has 0 radical (unpaired) electrons. The van der Waals surface area contributed by atoms with Crippen molar-refractivity contribution < 1.29 is 39.5 Å². The first-order valence-corrected chi connectivity index (χ1v) is 17.2. The minimum atomic E-state index is -1.18. The van der Waals surface area contributed by atoms with Crippen molar-refractivity contribution in [3.05, 3.63) is 26.3 Å². The van der Waals surface area contributed by atoms with E-state index in [1.54, 1.807) is 19.9 Å². The molecule has 0 unspecified atom stereocenters. The topological polar surface area (TPSA) is 134 Å². The lowest BCUT2D eigenvalue weighted by Crippen LogP contribution is -2.55. The van der Waals surface area contributed by atoms with Crippen molar-refractivity contribution in [3.63, 3.8) is 0 Å². The molecule has 43 heavy (non-hydrogen) atoms. The average Bonchev–Trinajstić information content (AvgIpc) is 3.31. The number of benzene rings is 1. The van der Waals surface area contributed by atoms with E-state index in [-0.39, 0.29) is 53.2 Å². The van der Waals surface area contributed by atoms with Crippen LogP contribution in [0.1, 0.15) is 115 Å². The summed E-state index contributed by atoms with van der Waals surface area (Å²) in [4.78, 5) is 25.9. The average molecular weight is 717 g/mol. The van der Waals surface area contributed by atoms with Crippen LogP contribution in [0.3, 0.4) is 0 Å². The molecule has 2 saturated heterocycles. The van der Waals surface area contributed by atoms with E-state index in [1.165, 1.54) is 0 Å². The fourth-order valence-corrected chi connectivity index (χ4v) is 8.54. The van der Waals surface area contributed by atoms with Gasteiger partial charge in [-0.1, -0.05) is 41.5 Å². The van der Waals surface area contributed by atoms with Gasteiger partial charge in [0.15, 0.2) is 0 Å². The highest BCUT2D eigenvalue weighted by Gasteiger charge is 2.55. The number of aromatic carboxylic acids is 1. The molecule has 0 spiro atoms. The summed E-state index contributed by atoms with van der Waals surface area (Å²) in [6.07, 6.45) is 3.31. The number of Topliss-reactive ketones (excluding diaryl/α,β-unsaturated/α-hetero) is 1. The number of aryl methyl sites for hydroxylation is 1. The van der Waals surface area contributed by atoms with Crippen molar-refractivity contribution in [1.29, 1.82) is 0 Å². The molecule has 244 valence electrons. The maximum absolute atomic E-state index is 13.9. The molecule has 0 aromatic heterocycles. The first kappa shape index (κ1) is 36.2. The van der Waals surface area contributed by atoms with E-state index in [1.807, 2.05) is 27.7 Å². The monoisotopic (exact) mass is 716 g/mol. The summed E-state index contributed by atoms with van der Waals surface area (Å²) in [7, 11) is 0. The van der Waals surface area contributed by atoms with Gasteiger partial charge in [0.05, 0.1) is 35.6 Å². The third kappa shape index (κ3) is 7.26. The normalized spacial score (nSPS) is 32.3. The number of carbonyl (C=O) groups is 2. The Morgan fingerprint density at radius 3 is 2.35 bits per heavy atom. The maximum Gasteiger partial charge on any atom is 0.339 e. The van der Waals surface area contributed by atoms with E-state index >= 15 is 0 Å². The van der Waals surface area contributed by atoms with Gasteiger partial charge in [0.25, 0.3) is 0 Å². The number of aliphatic hydroxyl groups is 2. The summed E-state index contributed by atoms with van der Waals surface area (Å²) in [6.45, 7) is 15.5. The summed E-state index contributed by atoms with van der Waals surface area (Å²) in [5, 5.41) is 42.4. The summed E-state index contributed by atoms with van der Waals surface area (Å²) in [5.74, 6) is -2.56. The molecule has 0 saturated carbocycles. The van der Waals surface area contributed by atoms with Crippen LogP contribution in [0.4, 0.5) is 0 Å². The van der Waals surface area contributed by atoms with Gasteiger partial charge in [-0.3, -0.25) is 4.79 Å². The van der Waals surface area contributed by atoms with Crippen LogP contribution in [0.15, 0.2) is 6.07 Å². The van der Waals surface area contributed by atoms with Crippen LogP contribution in [-0.2, 0) is 20.7 Å². The zero-order chi connectivity index (χ0) is 32.4. The van der Waals surface area contributed by atoms with E-state index in [0.29, 0.717) is 49.7 Å². The second kappa shape index (κ2) is 14.4. The molecule has 4 N–H and O–H groups in total. The minimum Gasteiger partial charge on any atom is -0.507 e. The molecule has 2 heterocycles. The Balaban J connectivity index is 1.71. The number of halogens is 1. The van der Waals surface area contributed by atoms with Crippen LogP contribution in [0.25, 0.3) is 0 Å². The Kier molecular flexibility index (Phi) is 12.2. The molecule has 2 aliphatic heterocycles. The summed E-state index contributed by atoms with van der Waals surface area (Å²) in [6, 6.07) is 1.76. The molecule has 0 amide bonds. The second-order valence-corrected chi connectivity index (χ2v) is 14.5. The molecule has 1 aromatic rings. The second-order valence-electron chi connectivity index (χ2n) is 13.3. The zero-order valence-corrected chi connectivity index (χ0v) is 29.3. The van der Waals surface area contributed by atoms with E-state index in [4.69, 9.17) is 9.47 Å². The van der Waals surface area contributed by atoms with Crippen LogP contribution < -0.4 is 0 Å². The number of phenols is 1. The van der Waals surface area contributed by atoms with Crippen molar-refractivity contribution in [2.24, 2.45) is 23.7 Å². The number of ether oxygens (including phenoxy) is 2. The molecule has 3 rings (SSSR count). The lowest BCUT2D eigenvalue weighted by Gasteiger charge is -2.47. The van der Waals surface area contributed by atoms with E-state index in [9.17, 15) is 30.0 Å². The highest BCUT2D eigenvalue weighted by molar-refractivity contribution is 14.1. The molecule has 2 aliphatic rings. The smallest absolute Gasteiger partial charge is 0.339 e. The van der Waals surface area contributed by atoms with Crippen LogP contribution in [0, 0.1) is 34.2 Å². The molecule has 0 bridgehead atoms. The van der Waals surface area contributed by atoms with Gasteiger partial charge < -0.3 is 29.9 Å². The third-order valence-electron chi connectivity index (χ3n) is 10.7. The van der Waals surface area contributed by atoms with Crippen LogP contribution in [-0.4, -0.2) is 67.8 Å². The van der Waals surface area contributed by atoms with Crippen molar-refractivity contribution >= 4 is 34.3 Å². The molecular formula is C34H53IO8. The Hall–Kier alpha value is -1.27. The van der Waals surface area contributed by atoms with Crippen LogP contribution >= 0.6 is 22.6 Å².